The van der Waals surface area contributed by atoms with Crippen molar-refractivity contribution in [1.29, 1.82) is 0 Å². The van der Waals surface area contributed by atoms with Crippen LogP contribution in [0.15, 0.2) is 0 Å². The van der Waals surface area contributed by atoms with Crippen molar-refractivity contribution in [2.75, 3.05) is 19.8 Å². The average molecular weight is 254 g/mol. The molecular formula is C9H22O4SSi. The van der Waals surface area contributed by atoms with Crippen molar-refractivity contribution in [2.24, 2.45) is 0 Å². The van der Waals surface area contributed by atoms with E-state index in [0.717, 1.165) is 0 Å². The van der Waals surface area contributed by atoms with E-state index in [1.54, 1.807) is 0 Å². The maximum Gasteiger partial charge on any atom is 0.680 e. The zero-order valence-corrected chi connectivity index (χ0v) is 12.1. The third-order valence-corrected chi connectivity index (χ3v) is 4.29. The first-order valence-electron chi connectivity index (χ1n) is 5.23. The quantitative estimate of drug-likeness (QED) is 0.409. The lowest BCUT2D eigenvalue weighted by molar-refractivity contribution is -0.0505. The van der Waals surface area contributed by atoms with Crippen LogP contribution in [0, 0.1) is 0 Å². The maximum atomic E-state index is 5.68. The molecular weight excluding hydrogens is 232 g/mol. The van der Waals surface area contributed by atoms with Crippen molar-refractivity contribution in [2.45, 2.75) is 39.6 Å². The van der Waals surface area contributed by atoms with Crippen LogP contribution in [-0.4, -0.2) is 33.8 Å². The Morgan fingerprint density at radius 1 is 0.933 bits per heavy atom. The van der Waals surface area contributed by atoms with Crippen LogP contribution >= 0.6 is 12.6 Å². The Labute approximate surface area is 99.1 Å². The van der Waals surface area contributed by atoms with E-state index >= 15 is 0 Å². The van der Waals surface area contributed by atoms with E-state index in [9.17, 15) is 0 Å². The van der Waals surface area contributed by atoms with Crippen LogP contribution in [0.25, 0.3) is 0 Å². The molecule has 0 saturated heterocycles. The SMILES string of the molecule is CCO[Si](OCC)(OCC)OC(C)(C)S. The fraction of sp³-hybridized carbons (Fsp3) is 1.00. The van der Waals surface area contributed by atoms with Crippen LogP contribution in [-0.2, 0) is 17.7 Å². The molecule has 0 spiro atoms. The molecule has 6 heteroatoms. The Kier molecular flexibility index (Phi) is 7.06. The van der Waals surface area contributed by atoms with Gasteiger partial charge in [-0.25, -0.2) is 0 Å². The van der Waals surface area contributed by atoms with Gasteiger partial charge < -0.3 is 17.7 Å². The summed E-state index contributed by atoms with van der Waals surface area (Å²) in [4.78, 5) is -0.633. The van der Waals surface area contributed by atoms with E-state index in [1.165, 1.54) is 0 Å². The Hall–Kier alpha value is 0.407. The first kappa shape index (κ1) is 15.4. The lowest BCUT2D eigenvalue weighted by Gasteiger charge is -2.32. The molecule has 0 radical (unpaired) electrons. The molecule has 0 N–H and O–H groups in total. The molecule has 92 valence electrons. The number of rotatable bonds is 8. The Bertz CT molecular complexity index is 155. The van der Waals surface area contributed by atoms with Crippen LogP contribution < -0.4 is 0 Å². The van der Waals surface area contributed by atoms with Gasteiger partial charge in [-0.05, 0) is 34.6 Å². The summed E-state index contributed by atoms with van der Waals surface area (Å²) in [5.74, 6) is 0. The van der Waals surface area contributed by atoms with Crippen LogP contribution in [0.3, 0.4) is 0 Å². The molecule has 0 rings (SSSR count). The van der Waals surface area contributed by atoms with Crippen LogP contribution in [0.5, 0.6) is 0 Å². The maximum absolute atomic E-state index is 5.68. The van der Waals surface area contributed by atoms with Gasteiger partial charge in [0.2, 0.25) is 0 Å². The third-order valence-electron chi connectivity index (χ3n) is 1.34. The summed E-state index contributed by atoms with van der Waals surface area (Å²) in [6.45, 7) is 10.8. The van der Waals surface area contributed by atoms with Gasteiger partial charge in [0, 0.05) is 19.8 Å². The third kappa shape index (κ3) is 6.55. The molecule has 0 aliphatic rings. The van der Waals surface area contributed by atoms with E-state index in [2.05, 4.69) is 12.6 Å². The van der Waals surface area contributed by atoms with Crippen molar-refractivity contribution < 1.29 is 17.7 Å². The Morgan fingerprint density at radius 3 is 1.47 bits per heavy atom. The summed E-state index contributed by atoms with van der Waals surface area (Å²) in [5.41, 5.74) is 0. The number of hydrogen-bond donors (Lipinski definition) is 1. The minimum atomic E-state index is -3.01. The summed E-state index contributed by atoms with van der Waals surface area (Å²) in [5, 5.41) is 0. The van der Waals surface area contributed by atoms with Gasteiger partial charge in [-0.2, -0.15) is 0 Å². The zero-order valence-electron chi connectivity index (χ0n) is 10.2. The minimum Gasteiger partial charge on any atom is -0.351 e. The molecule has 15 heavy (non-hydrogen) atoms. The predicted octanol–water partition coefficient (Wildman–Crippen LogP) is 2.21. The second kappa shape index (κ2) is 6.88. The van der Waals surface area contributed by atoms with E-state index in [1.807, 2.05) is 34.6 Å². The second-order valence-corrected chi connectivity index (χ2v) is 6.50. The molecule has 0 aliphatic heterocycles. The van der Waals surface area contributed by atoms with Gasteiger partial charge in [-0.3, -0.25) is 0 Å². The highest BCUT2D eigenvalue weighted by Crippen LogP contribution is 2.23. The molecule has 0 aromatic heterocycles. The average Bonchev–Trinajstić information content (AvgIpc) is 2.01. The van der Waals surface area contributed by atoms with Gasteiger partial charge in [0.1, 0.15) is 4.93 Å². The summed E-state index contributed by atoms with van der Waals surface area (Å²) >= 11 is 4.30. The smallest absolute Gasteiger partial charge is 0.351 e. The molecule has 0 atom stereocenters. The molecule has 0 fully saturated rings. The zero-order chi connectivity index (χ0) is 11.9. The summed E-state index contributed by atoms with van der Waals surface area (Å²) in [7, 11) is -3.01. The molecule has 0 aromatic carbocycles. The molecule has 0 amide bonds. The first-order valence-corrected chi connectivity index (χ1v) is 7.31. The van der Waals surface area contributed by atoms with E-state index in [-0.39, 0.29) is 0 Å². The van der Waals surface area contributed by atoms with Crippen molar-refractivity contribution in [3.63, 3.8) is 0 Å². The molecule has 0 saturated carbocycles. The van der Waals surface area contributed by atoms with Gasteiger partial charge in [0.15, 0.2) is 0 Å². The molecule has 0 heterocycles. The van der Waals surface area contributed by atoms with E-state index in [0.29, 0.717) is 19.8 Å². The van der Waals surface area contributed by atoms with Gasteiger partial charge in [0.25, 0.3) is 0 Å². The fourth-order valence-electron chi connectivity index (χ4n) is 1.05. The fourth-order valence-corrected chi connectivity index (χ4v) is 3.48. The Morgan fingerprint density at radius 2 is 1.27 bits per heavy atom. The van der Waals surface area contributed by atoms with Gasteiger partial charge in [-0.1, -0.05) is 0 Å². The standard InChI is InChI=1S/C9H22O4SSi/c1-6-10-15(11-7-2,12-8-3)13-9(4,5)14/h14H,6-8H2,1-5H3. The highest BCUT2D eigenvalue weighted by Gasteiger charge is 2.48. The lowest BCUT2D eigenvalue weighted by atomic mass is 10.5. The van der Waals surface area contributed by atoms with Crippen LogP contribution in [0.1, 0.15) is 34.6 Å². The first-order chi connectivity index (χ1) is 6.89. The van der Waals surface area contributed by atoms with E-state index in [4.69, 9.17) is 17.7 Å². The summed E-state index contributed by atoms with van der Waals surface area (Å²) in [6, 6.07) is 0. The van der Waals surface area contributed by atoms with Crippen LogP contribution in [0.2, 0.25) is 0 Å². The van der Waals surface area contributed by atoms with E-state index < -0.39 is 14.0 Å². The normalized spacial score (nSPS) is 13.2. The van der Waals surface area contributed by atoms with Crippen molar-refractivity contribution >= 4 is 21.7 Å². The van der Waals surface area contributed by atoms with Gasteiger partial charge in [0.05, 0.1) is 0 Å². The highest BCUT2D eigenvalue weighted by molar-refractivity contribution is 7.81. The molecule has 0 aromatic rings. The summed E-state index contributed by atoms with van der Waals surface area (Å²) < 4.78 is 22.2. The largest absolute Gasteiger partial charge is 0.680 e. The van der Waals surface area contributed by atoms with Crippen molar-refractivity contribution in [3.8, 4) is 0 Å². The monoisotopic (exact) mass is 254 g/mol. The topological polar surface area (TPSA) is 36.9 Å². The minimum absolute atomic E-state index is 0.496. The second-order valence-electron chi connectivity index (χ2n) is 3.35. The predicted molar refractivity (Wildman–Crippen MR) is 64.8 cm³/mol. The molecule has 4 nitrogen and oxygen atoms in total. The number of thiol groups is 1. The number of hydrogen-bond acceptors (Lipinski definition) is 5. The van der Waals surface area contributed by atoms with Gasteiger partial charge >= 0.3 is 9.05 Å². The van der Waals surface area contributed by atoms with Crippen molar-refractivity contribution in [3.05, 3.63) is 0 Å². The summed E-state index contributed by atoms with van der Waals surface area (Å²) in [6.07, 6.45) is 0. The van der Waals surface area contributed by atoms with Gasteiger partial charge in [-0.15, -0.1) is 12.6 Å². The molecule has 0 aliphatic carbocycles. The highest BCUT2D eigenvalue weighted by atomic mass is 32.1. The lowest BCUT2D eigenvalue weighted by Crippen LogP contribution is -2.52. The van der Waals surface area contributed by atoms with Crippen molar-refractivity contribution in [1.82, 2.24) is 0 Å². The molecule has 0 bridgehead atoms. The van der Waals surface area contributed by atoms with Crippen LogP contribution in [0.4, 0.5) is 0 Å². The Balaban J connectivity index is 4.60. The molecule has 0 unspecified atom stereocenters.